The average molecular weight is 1370 g/mol. The zero-order valence-corrected chi connectivity index (χ0v) is 54.9. The van der Waals surface area contributed by atoms with Gasteiger partial charge in [-0.15, -0.1) is 0 Å². The van der Waals surface area contributed by atoms with Gasteiger partial charge in [0, 0.05) is 56.9 Å². The predicted molar refractivity (Wildman–Crippen MR) is 342 cm³/mol. The fraction of sp³-hybridized carbons (Fsp3) is 0.364. The molecule has 0 radical (unpaired) electrons. The highest BCUT2D eigenvalue weighted by Crippen LogP contribution is 2.48. The second kappa shape index (κ2) is 41.4. The van der Waals surface area contributed by atoms with Gasteiger partial charge in [-0.2, -0.15) is 0 Å². The van der Waals surface area contributed by atoms with Crippen LogP contribution in [0.4, 0.5) is 45.5 Å². The lowest BCUT2D eigenvalue weighted by Gasteiger charge is -2.32. The van der Waals surface area contributed by atoms with Gasteiger partial charge in [0.15, 0.2) is 0 Å². The van der Waals surface area contributed by atoms with Crippen LogP contribution in [0.5, 0.6) is 0 Å². The van der Waals surface area contributed by atoms with Crippen LogP contribution in [0.2, 0.25) is 0 Å². The van der Waals surface area contributed by atoms with E-state index in [9.17, 15) is 57.5 Å². The topological polar surface area (TPSA) is 365 Å². The van der Waals surface area contributed by atoms with E-state index in [0.29, 0.717) is 0 Å². The van der Waals surface area contributed by atoms with Gasteiger partial charge in [-0.1, -0.05) is 0 Å². The smallest absolute Gasteiger partial charge is 0.338 e. The lowest BCUT2D eigenvalue weighted by atomic mass is 10.0. The van der Waals surface area contributed by atoms with E-state index in [-0.39, 0.29) is 176 Å². The summed E-state index contributed by atoms with van der Waals surface area (Å²) >= 11 is 0. The number of hydrogen-bond donors (Lipinski definition) is 0. The molecular weight excluding hydrogens is 1300 g/mol. The SMILES string of the molecule is COCCOC(=O)c1cc(C(=O)OCCOC)cc(N(C=O)c2cc(N(C=O)c3cc(C(=O)OCCOC)cc(C(=O)OCCOC)c3)c(N(C=O)c3cc(C(=O)OCCOC)cc(C(=O)OCCOC)c3)cc2N(C=O)c2cc(C(=O)OCCOC)cc(C(=O)OCCOC)c2)c1. The van der Waals surface area contributed by atoms with Crippen LogP contribution in [-0.4, -0.2) is 236 Å². The Morgan fingerprint density at radius 3 is 0.469 bits per heavy atom. The number of carbonyl (C=O) groups is 12. The van der Waals surface area contributed by atoms with Gasteiger partial charge >= 0.3 is 47.8 Å². The summed E-state index contributed by atoms with van der Waals surface area (Å²) < 4.78 is 83.9. The molecule has 0 bridgehead atoms. The zero-order chi connectivity index (χ0) is 71.5. The van der Waals surface area contributed by atoms with Crippen molar-refractivity contribution in [2.45, 2.75) is 0 Å². The zero-order valence-electron chi connectivity index (χ0n) is 54.9. The summed E-state index contributed by atoms with van der Waals surface area (Å²) in [6, 6.07) is 15.0. The van der Waals surface area contributed by atoms with E-state index >= 15 is 0 Å². The maximum absolute atomic E-state index is 14.4. The number of methoxy groups -OCH3 is 8. The van der Waals surface area contributed by atoms with Gasteiger partial charge in [0.2, 0.25) is 25.6 Å². The Kier molecular flexibility index (Phi) is 33.0. The van der Waals surface area contributed by atoms with Gasteiger partial charge in [0.05, 0.1) is 143 Å². The molecule has 0 fully saturated rings. The standard InChI is InChI=1S/C66H74N4O28/c1-83-9-17-91-59(75)43-25-44(60(76)92-18-10-84-2)30-51(29-43)67(39-71)55-37-57(69(41-73)53-33-47(63(79)95-21-13-87-5)27-48(34-53)64(80)96-22-14-88-6)58(70(42-74)54-35-49(65(81)97-23-15-89-7)28-50(36-54)66(82)98-24-16-90-8)38-56(55)68(40-72)52-31-45(61(77)93-19-11-85-3)26-46(32-52)62(78)94-20-12-86-4/h25-42H,9-24H2,1-8H3. The molecule has 0 saturated carbocycles. The number of carbonyl (C=O) groups excluding carboxylic acids is 12. The molecule has 5 aromatic carbocycles. The largest absolute Gasteiger partial charge is 0.460 e. The van der Waals surface area contributed by atoms with Gasteiger partial charge in [-0.25, -0.2) is 38.4 Å². The maximum Gasteiger partial charge on any atom is 0.338 e. The molecule has 0 aliphatic heterocycles. The van der Waals surface area contributed by atoms with Crippen LogP contribution in [-0.2, 0) is 95.0 Å². The number of esters is 8. The molecule has 0 aliphatic rings. The van der Waals surface area contributed by atoms with Crippen LogP contribution >= 0.6 is 0 Å². The molecule has 98 heavy (non-hydrogen) atoms. The van der Waals surface area contributed by atoms with Crippen LogP contribution in [0.25, 0.3) is 0 Å². The Labute approximate surface area is 562 Å². The van der Waals surface area contributed by atoms with Gasteiger partial charge in [0.1, 0.15) is 52.9 Å². The molecule has 526 valence electrons. The second-order valence-electron chi connectivity index (χ2n) is 19.8. The third-order valence-corrected chi connectivity index (χ3v) is 13.4. The van der Waals surface area contributed by atoms with E-state index in [1.807, 2.05) is 0 Å². The van der Waals surface area contributed by atoms with Crippen LogP contribution < -0.4 is 19.6 Å². The molecule has 5 rings (SSSR count). The average Bonchev–Trinajstić information content (AvgIpc) is 0.749. The maximum atomic E-state index is 14.4. The summed E-state index contributed by atoms with van der Waals surface area (Å²) in [4.78, 5) is 172. The molecule has 0 N–H and O–H groups in total. The van der Waals surface area contributed by atoms with Gasteiger partial charge in [-0.3, -0.25) is 38.8 Å². The van der Waals surface area contributed by atoms with Crippen LogP contribution in [0.3, 0.4) is 0 Å². The molecule has 0 saturated heterocycles. The molecule has 0 spiro atoms. The van der Waals surface area contributed by atoms with E-state index in [4.69, 9.17) is 75.8 Å². The Morgan fingerprint density at radius 1 is 0.224 bits per heavy atom. The number of nitrogens with zero attached hydrogens (tertiary/aromatic N) is 4. The van der Waals surface area contributed by atoms with E-state index in [0.717, 1.165) is 105 Å². The molecule has 4 amide bonds. The van der Waals surface area contributed by atoms with Gasteiger partial charge < -0.3 is 75.8 Å². The number of benzene rings is 5. The first-order valence-electron chi connectivity index (χ1n) is 29.5. The normalized spacial score (nSPS) is 10.7. The van der Waals surface area contributed by atoms with E-state index in [2.05, 4.69) is 0 Å². The summed E-state index contributed by atoms with van der Waals surface area (Å²) in [5.41, 5.74) is -6.90. The van der Waals surface area contributed by atoms with Crippen molar-refractivity contribution >= 4 is 119 Å². The molecule has 0 heterocycles. The van der Waals surface area contributed by atoms with Gasteiger partial charge in [0.25, 0.3) is 0 Å². The molecule has 5 aromatic rings. The summed E-state index contributed by atoms with van der Waals surface area (Å²) in [5, 5.41) is 0. The van der Waals surface area contributed by atoms with Crippen molar-refractivity contribution in [3.05, 3.63) is 129 Å². The molecule has 0 aromatic heterocycles. The predicted octanol–water partition coefficient (Wildman–Crippen LogP) is 5.29. The minimum Gasteiger partial charge on any atom is -0.460 e. The lowest BCUT2D eigenvalue weighted by molar-refractivity contribution is -0.107. The van der Waals surface area contributed by atoms with Crippen molar-refractivity contribution in [2.75, 3.05) is 182 Å². The molecule has 0 aliphatic carbocycles. The van der Waals surface area contributed by atoms with Gasteiger partial charge in [-0.05, 0) is 84.9 Å². The summed E-state index contributed by atoms with van der Waals surface area (Å²) in [6.45, 7) is -3.15. The van der Waals surface area contributed by atoms with Crippen molar-refractivity contribution < 1.29 is 133 Å². The van der Waals surface area contributed by atoms with Crippen molar-refractivity contribution in [2.24, 2.45) is 0 Å². The Bertz CT molecular complexity index is 2980. The summed E-state index contributed by atoms with van der Waals surface area (Å²) in [7, 11) is 10.7. The van der Waals surface area contributed by atoms with Crippen molar-refractivity contribution in [3.8, 4) is 0 Å². The van der Waals surface area contributed by atoms with Crippen LogP contribution in [0, 0.1) is 0 Å². The molecule has 32 heteroatoms. The molecule has 0 atom stereocenters. The first kappa shape index (κ1) is 78.1. The third kappa shape index (κ3) is 22.2. The number of rotatable bonds is 44. The van der Waals surface area contributed by atoms with Crippen LogP contribution in [0.15, 0.2) is 84.9 Å². The Hall–Kier alpha value is -10.6. The molecular formula is C66H74N4O28. The lowest BCUT2D eigenvalue weighted by Crippen LogP contribution is -2.26. The van der Waals surface area contributed by atoms with Crippen molar-refractivity contribution in [1.29, 1.82) is 0 Å². The minimum atomic E-state index is -1.07. The van der Waals surface area contributed by atoms with Crippen LogP contribution in [0.1, 0.15) is 82.9 Å². The highest BCUT2D eigenvalue weighted by Gasteiger charge is 2.32. The number of ether oxygens (including phenoxy) is 16. The first-order chi connectivity index (χ1) is 47.4. The molecule has 32 nitrogen and oxygen atoms in total. The summed E-state index contributed by atoms with van der Waals surface area (Å²) in [5.74, 6) is -8.53. The second-order valence-corrected chi connectivity index (χ2v) is 19.8. The fourth-order valence-electron chi connectivity index (χ4n) is 8.71. The number of hydrogen-bond acceptors (Lipinski definition) is 28. The fourth-order valence-corrected chi connectivity index (χ4v) is 8.71. The quantitative estimate of drug-likeness (QED) is 0.0207. The van der Waals surface area contributed by atoms with E-state index in [1.165, 1.54) is 56.9 Å². The highest BCUT2D eigenvalue weighted by atomic mass is 16.6. The van der Waals surface area contributed by atoms with E-state index < -0.39 is 93.3 Å². The Morgan fingerprint density at radius 2 is 0.357 bits per heavy atom. The summed E-state index contributed by atoms with van der Waals surface area (Å²) in [6.07, 6.45) is 0.542. The monoisotopic (exact) mass is 1370 g/mol. The van der Waals surface area contributed by atoms with E-state index in [1.54, 1.807) is 0 Å². The first-order valence-corrected chi connectivity index (χ1v) is 29.5. The number of anilines is 8. The minimum absolute atomic E-state index is 0.0848. The Balaban J connectivity index is 2.12. The third-order valence-electron chi connectivity index (χ3n) is 13.4. The van der Waals surface area contributed by atoms with Crippen molar-refractivity contribution in [3.63, 3.8) is 0 Å². The molecule has 0 unspecified atom stereocenters. The van der Waals surface area contributed by atoms with Crippen molar-refractivity contribution in [1.82, 2.24) is 0 Å². The number of amides is 4. The highest BCUT2D eigenvalue weighted by molar-refractivity contribution is 6.11.